The van der Waals surface area contributed by atoms with Crippen LogP contribution in [0.3, 0.4) is 0 Å². The molecule has 0 atom stereocenters. The fourth-order valence-electron chi connectivity index (χ4n) is 2.18. The summed E-state index contributed by atoms with van der Waals surface area (Å²) in [5.41, 5.74) is 3.73. The van der Waals surface area contributed by atoms with Gasteiger partial charge in [0.1, 0.15) is 5.01 Å². The van der Waals surface area contributed by atoms with E-state index in [1.807, 2.05) is 0 Å². The predicted octanol–water partition coefficient (Wildman–Crippen LogP) is 4.18. The summed E-state index contributed by atoms with van der Waals surface area (Å²) in [7, 11) is 4.12. The zero-order valence-electron chi connectivity index (χ0n) is 11.3. The Hall–Kier alpha value is -1.00. The number of benzene rings is 1. The highest BCUT2D eigenvalue weighted by atomic mass is 32.1. The second-order valence-electron chi connectivity index (χ2n) is 5.20. The normalized spacial score (nSPS) is 14.7. The number of thiol groups is 1. The van der Waals surface area contributed by atoms with Gasteiger partial charge in [-0.25, -0.2) is 4.98 Å². The molecule has 19 heavy (non-hydrogen) atoms. The van der Waals surface area contributed by atoms with Crippen molar-refractivity contribution >= 4 is 29.7 Å². The van der Waals surface area contributed by atoms with Crippen molar-refractivity contribution in [3.63, 3.8) is 0 Å². The maximum atomic E-state index is 4.84. The van der Waals surface area contributed by atoms with E-state index in [2.05, 4.69) is 55.9 Å². The van der Waals surface area contributed by atoms with Gasteiger partial charge < -0.3 is 4.90 Å². The Balaban J connectivity index is 1.92. The lowest BCUT2D eigenvalue weighted by Crippen LogP contribution is -2.07. The quantitative estimate of drug-likeness (QED) is 0.850. The third kappa shape index (κ3) is 2.65. The van der Waals surface area contributed by atoms with Crippen LogP contribution < -0.4 is 4.90 Å². The number of thiazole rings is 1. The van der Waals surface area contributed by atoms with Gasteiger partial charge in [-0.05, 0) is 37.1 Å². The molecule has 1 aliphatic rings. The molecule has 3 rings (SSSR count). The van der Waals surface area contributed by atoms with Crippen molar-refractivity contribution in [2.24, 2.45) is 0 Å². The third-order valence-corrected chi connectivity index (χ3v) is 5.12. The molecule has 0 unspecified atom stereocenters. The molecule has 0 spiro atoms. The highest BCUT2D eigenvalue weighted by molar-refractivity contribution is 7.79. The summed E-state index contributed by atoms with van der Waals surface area (Å²) in [5.74, 6) is 1.51. The Morgan fingerprint density at radius 2 is 1.95 bits per heavy atom. The first kappa shape index (κ1) is 13.0. The van der Waals surface area contributed by atoms with Gasteiger partial charge in [-0.2, -0.15) is 12.6 Å². The number of nitrogens with zero attached hydrogens (tertiary/aromatic N) is 2. The summed E-state index contributed by atoms with van der Waals surface area (Å²) < 4.78 is 0. The highest BCUT2D eigenvalue weighted by Crippen LogP contribution is 2.44. The van der Waals surface area contributed by atoms with E-state index in [4.69, 9.17) is 4.98 Å². The van der Waals surface area contributed by atoms with E-state index in [0.29, 0.717) is 5.92 Å². The van der Waals surface area contributed by atoms with Crippen molar-refractivity contribution < 1.29 is 0 Å². The van der Waals surface area contributed by atoms with Crippen LogP contribution in [0, 0.1) is 0 Å². The molecule has 4 heteroatoms. The molecular formula is C15H18N2S2. The highest BCUT2D eigenvalue weighted by Gasteiger charge is 2.29. The van der Waals surface area contributed by atoms with E-state index in [1.165, 1.54) is 34.7 Å². The van der Waals surface area contributed by atoms with Crippen LogP contribution in [0.1, 0.15) is 29.3 Å². The average Bonchev–Trinajstić information content (AvgIpc) is 3.18. The van der Waals surface area contributed by atoms with E-state index in [-0.39, 0.29) is 0 Å². The monoisotopic (exact) mass is 290 g/mol. The molecule has 0 radical (unpaired) electrons. The number of rotatable bonds is 4. The van der Waals surface area contributed by atoms with Gasteiger partial charge in [0.2, 0.25) is 0 Å². The van der Waals surface area contributed by atoms with E-state index in [9.17, 15) is 0 Å². The molecule has 0 bridgehead atoms. The van der Waals surface area contributed by atoms with Gasteiger partial charge in [0.05, 0.1) is 5.69 Å². The second kappa shape index (κ2) is 5.17. The molecule has 0 N–H and O–H groups in total. The lowest BCUT2D eigenvalue weighted by Gasteiger charge is -2.11. The van der Waals surface area contributed by atoms with Crippen molar-refractivity contribution in [3.8, 4) is 10.6 Å². The fraction of sp³-hybridized carbons (Fsp3) is 0.400. The summed E-state index contributed by atoms with van der Waals surface area (Å²) >= 11 is 6.23. The Morgan fingerprint density at radius 3 is 2.47 bits per heavy atom. The van der Waals surface area contributed by atoms with Gasteiger partial charge in [0.25, 0.3) is 0 Å². The molecule has 1 fully saturated rings. The van der Waals surface area contributed by atoms with E-state index >= 15 is 0 Å². The zero-order valence-corrected chi connectivity index (χ0v) is 13.0. The topological polar surface area (TPSA) is 16.1 Å². The van der Waals surface area contributed by atoms with Gasteiger partial charge in [0.15, 0.2) is 0 Å². The molecule has 1 aromatic carbocycles. The van der Waals surface area contributed by atoms with Crippen molar-refractivity contribution in [2.75, 3.05) is 19.0 Å². The molecule has 100 valence electrons. The van der Waals surface area contributed by atoms with Crippen LogP contribution in [-0.2, 0) is 5.75 Å². The van der Waals surface area contributed by atoms with Crippen LogP contribution in [0.4, 0.5) is 5.69 Å². The van der Waals surface area contributed by atoms with Gasteiger partial charge >= 0.3 is 0 Å². The lowest BCUT2D eigenvalue weighted by atomic mass is 10.2. The Labute approximate surface area is 123 Å². The molecule has 0 amide bonds. The summed E-state index contributed by atoms with van der Waals surface area (Å²) in [5, 5.41) is 1.14. The molecule has 1 aromatic heterocycles. The summed E-state index contributed by atoms with van der Waals surface area (Å²) in [4.78, 5) is 8.30. The van der Waals surface area contributed by atoms with Crippen molar-refractivity contribution in [3.05, 3.63) is 34.8 Å². The Kier molecular flexibility index (Phi) is 3.54. The minimum absolute atomic E-state index is 0.702. The number of hydrogen-bond acceptors (Lipinski definition) is 4. The first-order valence-electron chi connectivity index (χ1n) is 6.57. The number of anilines is 1. The van der Waals surface area contributed by atoms with E-state index in [0.717, 1.165) is 10.8 Å². The maximum absolute atomic E-state index is 4.84. The lowest BCUT2D eigenvalue weighted by molar-refractivity contribution is 1.03. The minimum Gasteiger partial charge on any atom is -0.378 e. The molecule has 2 nitrogen and oxygen atoms in total. The number of aromatic nitrogens is 1. The van der Waals surface area contributed by atoms with Crippen LogP contribution in [0.25, 0.3) is 10.6 Å². The first-order chi connectivity index (χ1) is 9.19. The SMILES string of the molecule is CN(C)c1ccc(-c2nc(C3CC3)c(CS)s2)cc1. The summed E-state index contributed by atoms with van der Waals surface area (Å²) in [6.45, 7) is 0. The van der Waals surface area contributed by atoms with Crippen molar-refractivity contribution in [2.45, 2.75) is 24.5 Å². The Morgan fingerprint density at radius 1 is 1.26 bits per heavy atom. The molecule has 1 saturated carbocycles. The molecule has 0 aliphatic heterocycles. The second-order valence-corrected chi connectivity index (χ2v) is 6.60. The standard InChI is InChI=1S/C15H18N2S2/c1-17(2)12-7-5-11(6-8-12)15-16-14(10-3-4-10)13(9-18)19-15/h5-8,10,18H,3-4,9H2,1-2H3. The largest absolute Gasteiger partial charge is 0.378 e. The van der Waals surface area contributed by atoms with Crippen molar-refractivity contribution in [1.29, 1.82) is 0 Å². The van der Waals surface area contributed by atoms with Gasteiger partial charge in [-0.15, -0.1) is 11.3 Å². The van der Waals surface area contributed by atoms with Crippen LogP contribution in [-0.4, -0.2) is 19.1 Å². The first-order valence-corrected chi connectivity index (χ1v) is 8.02. The summed E-state index contributed by atoms with van der Waals surface area (Å²) in [6.07, 6.45) is 2.59. The Bertz CT molecular complexity index is 568. The zero-order chi connectivity index (χ0) is 13.4. The summed E-state index contributed by atoms with van der Waals surface area (Å²) in [6, 6.07) is 8.61. The molecule has 1 heterocycles. The fourth-order valence-corrected chi connectivity index (χ4v) is 3.55. The molecular weight excluding hydrogens is 272 g/mol. The van der Waals surface area contributed by atoms with Gasteiger partial charge in [-0.3, -0.25) is 0 Å². The maximum Gasteiger partial charge on any atom is 0.123 e. The van der Waals surface area contributed by atoms with Crippen LogP contribution in [0.2, 0.25) is 0 Å². The van der Waals surface area contributed by atoms with E-state index < -0.39 is 0 Å². The third-order valence-electron chi connectivity index (χ3n) is 3.47. The van der Waals surface area contributed by atoms with E-state index in [1.54, 1.807) is 11.3 Å². The number of hydrogen-bond donors (Lipinski definition) is 1. The van der Waals surface area contributed by atoms with Crippen LogP contribution in [0.5, 0.6) is 0 Å². The molecule has 0 saturated heterocycles. The smallest absolute Gasteiger partial charge is 0.123 e. The molecule has 2 aromatic rings. The molecule has 1 aliphatic carbocycles. The average molecular weight is 290 g/mol. The van der Waals surface area contributed by atoms with Gasteiger partial charge in [-0.1, -0.05) is 0 Å². The minimum atomic E-state index is 0.702. The van der Waals surface area contributed by atoms with Crippen LogP contribution >= 0.6 is 24.0 Å². The van der Waals surface area contributed by atoms with Gasteiger partial charge in [0, 0.05) is 41.9 Å². The predicted molar refractivity (Wildman–Crippen MR) is 86.5 cm³/mol. The van der Waals surface area contributed by atoms with Crippen LogP contribution in [0.15, 0.2) is 24.3 Å². The van der Waals surface area contributed by atoms with Crippen molar-refractivity contribution in [1.82, 2.24) is 4.98 Å².